The Morgan fingerprint density at radius 1 is 1.20 bits per heavy atom. The maximum Gasteiger partial charge on any atom is -0.0162 e. The van der Waals surface area contributed by atoms with Crippen molar-refractivity contribution in [3.8, 4) is 0 Å². The Hall–Kier alpha value is -0.520. The van der Waals surface area contributed by atoms with Crippen molar-refractivity contribution in [2.45, 2.75) is 66.2 Å². The monoisotopic (exact) mass is 272 g/mol. The van der Waals surface area contributed by atoms with E-state index in [1.807, 2.05) is 0 Å². The van der Waals surface area contributed by atoms with Crippen LogP contribution in [0.25, 0.3) is 0 Å². The Balaban J connectivity index is 1.95. The van der Waals surface area contributed by atoms with Gasteiger partial charge in [-0.25, -0.2) is 0 Å². The molecular formula is C20H32. The first-order chi connectivity index (χ1) is 9.40. The van der Waals surface area contributed by atoms with E-state index in [-0.39, 0.29) is 0 Å². The second-order valence-corrected chi connectivity index (χ2v) is 8.68. The molecule has 0 heterocycles. The Bertz CT molecular complexity index is 427. The van der Waals surface area contributed by atoms with E-state index in [4.69, 9.17) is 0 Å². The topological polar surface area (TPSA) is 0 Å². The lowest BCUT2D eigenvalue weighted by atomic mass is 9.44. The molecule has 0 amide bonds. The lowest BCUT2D eigenvalue weighted by molar-refractivity contribution is -0.105. The quantitative estimate of drug-likeness (QED) is 0.549. The van der Waals surface area contributed by atoms with Crippen molar-refractivity contribution in [1.29, 1.82) is 0 Å². The summed E-state index contributed by atoms with van der Waals surface area (Å²) in [5.74, 6) is 3.49. The van der Waals surface area contributed by atoms with Crippen molar-refractivity contribution >= 4 is 0 Å². The zero-order valence-electron chi connectivity index (χ0n) is 13.9. The van der Waals surface area contributed by atoms with Gasteiger partial charge in [0, 0.05) is 0 Å². The predicted octanol–water partition coefficient (Wildman–Crippen LogP) is 6.00. The van der Waals surface area contributed by atoms with Crippen molar-refractivity contribution in [3.63, 3.8) is 0 Å². The molecule has 0 saturated heterocycles. The first kappa shape index (κ1) is 14.4. The van der Waals surface area contributed by atoms with Crippen LogP contribution in [0.5, 0.6) is 0 Å². The maximum atomic E-state index is 4.03. The summed E-state index contributed by atoms with van der Waals surface area (Å²) in [5.41, 5.74) is 2.66. The lowest BCUT2D eigenvalue weighted by Gasteiger charge is -2.61. The van der Waals surface area contributed by atoms with Crippen LogP contribution in [0.3, 0.4) is 0 Å². The molecule has 0 nitrogen and oxygen atoms in total. The molecule has 0 aliphatic heterocycles. The van der Waals surface area contributed by atoms with Crippen molar-refractivity contribution in [3.05, 3.63) is 24.3 Å². The van der Waals surface area contributed by atoms with Crippen molar-refractivity contribution in [2.75, 3.05) is 0 Å². The van der Waals surface area contributed by atoms with Gasteiger partial charge in [-0.2, -0.15) is 0 Å². The van der Waals surface area contributed by atoms with Gasteiger partial charge in [0.15, 0.2) is 0 Å². The minimum atomic E-state index is 0.559. The summed E-state index contributed by atoms with van der Waals surface area (Å²) in [7, 11) is 0. The number of allylic oxidation sites excluding steroid dienone is 3. The summed E-state index contributed by atoms with van der Waals surface area (Å²) in [6.45, 7) is 14.2. The van der Waals surface area contributed by atoms with Gasteiger partial charge < -0.3 is 0 Å². The molecule has 112 valence electrons. The van der Waals surface area contributed by atoms with E-state index in [2.05, 4.69) is 46.4 Å². The van der Waals surface area contributed by atoms with Crippen molar-refractivity contribution in [2.24, 2.45) is 34.5 Å². The molecular weight excluding hydrogens is 240 g/mol. The van der Waals surface area contributed by atoms with E-state index < -0.39 is 0 Å². The second kappa shape index (κ2) is 4.75. The number of hydrogen-bond acceptors (Lipinski definition) is 0. The summed E-state index contributed by atoms with van der Waals surface area (Å²) >= 11 is 0. The van der Waals surface area contributed by atoms with Gasteiger partial charge in [-0.05, 0) is 72.2 Å². The number of rotatable bonds is 1. The van der Waals surface area contributed by atoms with E-state index in [1.165, 1.54) is 44.1 Å². The van der Waals surface area contributed by atoms with Crippen molar-refractivity contribution in [1.82, 2.24) is 0 Å². The Labute approximate surface area is 125 Å². The average Bonchev–Trinajstić information content (AvgIpc) is 2.38. The zero-order chi connectivity index (χ0) is 14.5. The van der Waals surface area contributed by atoms with E-state index in [1.54, 1.807) is 0 Å². The number of fused-ring (bicyclic) bond motifs is 3. The molecule has 1 unspecified atom stereocenters. The van der Waals surface area contributed by atoms with Crippen LogP contribution >= 0.6 is 0 Å². The average molecular weight is 272 g/mol. The van der Waals surface area contributed by atoms with Gasteiger partial charge in [0.1, 0.15) is 0 Å². The van der Waals surface area contributed by atoms with Gasteiger partial charge in [-0.3, -0.25) is 0 Å². The summed E-state index contributed by atoms with van der Waals surface area (Å²) in [4.78, 5) is 0. The molecule has 3 rings (SSSR count). The van der Waals surface area contributed by atoms with Crippen molar-refractivity contribution < 1.29 is 0 Å². The molecule has 3 aliphatic carbocycles. The van der Waals surface area contributed by atoms with E-state index >= 15 is 0 Å². The lowest BCUT2D eigenvalue weighted by Crippen LogP contribution is -2.53. The van der Waals surface area contributed by atoms with Gasteiger partial charge in [-0.15, -0.1) is 0 Å². The highest BCUT2D eigenvalue weighted by Crippen LogP contribution is 2.64. The summed E-state index contributed by atoms with van der Waals surface area (Å²) in [5, 5.41) is 0. The molecule has 0 bridgehead atoms. The van der Waals surface area contributed by atoms with Gasteiger partial charge >= 0.3 is 0 Å². The standard InChI is InChI=1S/C20H32/c1-6-15-8-10-17-16(14(15)2)9-11-18-19(3,4)12-7-13-20(17,18)5/h6,8,14,16-18H,1,7,9-13H2,2-5H3/t14?,16-,17-,18-,20+/m1/s1. The molecule has 2 fully saturated rings. The summed E-state index contributed by atoms with van der Waals surface area (Å²) < 4.78 is 0. The van der Waals surface area contributed by atoms with Crippen LogP contribution in [0.1, 0.15) is 66.2 Å². The van der Waals surface area contributed by atoms with Crippen LogP contribution in [0.15, 0.2) is 24.3 Å². The third kappa shape index (κ3) is 1.94. The van der Waals surface area contributed by atoms with Gasteiger partial charge in [0.25, 0.3) is 0 Å². The third-order valence-corrected chi connectivity index (χ3v) is 7.44. The van der Waals surface area contributed by atoms with Gasteiger partial charge in [0.2, 0.25) is 0 Å². The molecule has 0 heteroatoms. The molecule has 0 N–H and O–H groups in total. The fourth-order valence-electron chi connectivity index (χ4n) is 6.39. The molecule has 2 saturated carbocycles. The first-order valence-electron chi connectivity index (χ1n) is 8.72. The molecule has 0 radical (unpaired) electrons. The zero-order valence-corrected chi connectivity index (χ0v) is 13.9. The highest BCUT2D eigenvalue weighted by molar-refractivity contribution is 5.25. The van der Waals surface area contributed by atoms with Crippen LogP contribution in [-0.4, -0.2) is 0 Å². The fourth-order valence-corrected chi connectivity index (χ4v) is 6.39. The van der Waals surface area contributed by atoms with E-state index in [9.17, 15) is 0 Å². The largest absolute Gasteiger partial charge is 0.0988 e. The van der Waals surface area contributed by atoms with Crippen LogP contribution in [0.4, 0.5) is 0 Å². The molecule has 5 atom stereocenters. The SMILES string of the molecule is C=CC1=CC[C@@H]2[C@H](CC[C@@H]3C(C)(C)CCC[C@@]23C)C1C. The minimum Gasteiger partial charge on any atom is -0.0988 e. The third-order valence-electron chi connectivity index (χ3n) is 7.44. The van der Waals surface area contributed by atoms with Crippen LogP contribution in [0.2, 0.25) is 0 Å². The highest BCUT2D eigenvalue weighted by Gasteiger charge is 2.55. The maximum absolute atomic E-state index is 4.03. The van der Waals surface area contributed by atoms with E-state index in [0.29, 0.717) is 10.8 Å². The molecule has 0 spiro atoms. The first-order valence-corrected chi connectivity index (χ1v) is 8.72. The summed E-state index contributed by atoms with van der Waals surface area (Å²) in [6, 6.07) is 0. The van der Waals surface area contributed by atoms with Crippen LogP contribution in [-0.2, 0) is 0 Å². The molecule has 0 aromatic heterocycles. The second-order valence-electron chi connectivity index (χ2n) is 8.68. The molecule has 3 aliphatic rings. The van der Waals surface area contributed by atoms with Crippen LogP contribution < -0.4 is 0 Å². The Kier molecular flexibility index (Phi) is 3.42. The molecule has 20 heavy (non-hydrogen) atoms. The van der Waals surface area contributed by atoms with Crippen LogP contribution in [0, 0.1) is 34.5 Å². The minimum absolute atomic E-state index is 0.559. The smallest absolute Gasteiger partial charge is 0.0162 e. The normalized spacial score (nSPS) is 46.9. The molecule has 0 aromatic carbocycles. The van der Waals surface area contributed by atoms with Gasteiger partial charge in [-0.1, -0.05) is 52.8 Å². The fraction of sp³-hybridized carbons (Fsp3) is 0.800. The van der Waals surface area contributed by atoms with E-state index in [0.717, 1.165) is 23.7 Å². The predicted molar refractivity (Wildman–Crippen MR) is 87.5 cm³/mol. The Morgan fingerprint density at radius 3 is 2.65 bits per heavy atom. The van der Waals surface area contributed by atoms with Gasteiger partial charge in [0.05, 0.1) is 0 Å². The summed E-state index contributed by atoms with van der Waals surface area (Å²) in [6.07, 6.45) is 13.2. The Morgan fingerprint density at radius 2 is 1.95 bits per heavy atom. The molecule has 0 aromatic rings. The highest BCUT2D eigenvalue weighted by atomic mass is 14.6. The number of hydrogen-bond donors (Lipinski definition) is 0.